The van der Waals surface area contributed by atoms with Crippen LogP contribution in [0, 0.1) is 0 Å². The SMILES string of the molecule is C=CC(=C(Br)Br)c1cccc2c1[nH]c1ccccc12. The lowest BCUT2D eigenvalue weighted by Crippen LogP contribution is -1.83. The topological polar surface area (TPSA) is 15.8 Å². The van der Waals surface area contributed by atoms with Crippen molar-refractivity contribution in [1.29, 1.82) is 0 Å². The Kier molecular flexibility index (Phi) is 3.33. The minimum Gasteiger partial charge on any atom is -0.354 e. The maximum atomic E-state index is 3.89. The molecule has 3 heteroatoms. The summed E-state index contributed by atoms with van der Waals surface area (Å²) in [4.78, 5) is 3.49. The van der Waals surface area contributed by atoms with Crippen LogP contribution in [0.3, 0.4) is 0 Å². The van der Waals surface area contributed by atoms with Gasteiger partial charge in [0.05, 0.1) is 8.91 Å². The molecule has 0 bridgehead atoms. The number of allylic oxidation sites excluding steroid dienone is 2. The molecular formula is C16H11Br2N. The number of halogens is 2. The molecule has 0 amide bonds. The van der Waals surface area contributed by atoms with Crippen molar-refractivity contribution < 1.29 is 0 Å². The zero-order valence-corrected chi connectivity index (χ0v) is 13.3. The van der Waals surface area contributed by atoms with Crippen LogP contribution in [0.1, 0.15) is 5.56 Å². The second-order valence-electron chi connectivity index (χ2n) is 4.28. The van der Waals surface area contributed by atoms with Gasteiger partial charge in [-0.2, -0.15) is 0 Å². The van der Waals surface area contributed by atoms with Gasteiger partial charge in [0.25, 0.3) is 0 Å². The molecule has 3 rings (SSSR count). The van der Waals surface area contributed by atoms with Gasteiger partial charge in [0.2, 0.25) is 0 Å². The van der Waals surface area contributed by atoms with Crippen LogP contribution < -0.4 is 0 Å². The highest BCUT2D eigenvalue weighted by Gasteiger charge is 2.10. The van der Waals surface area contributed by atoms with Gasteiger partial charge >= 0.3 is 0 Å². The molecule has 0 fully saturated rings. The molecule has 1 heterocycles. The van der Waals surface area contributed by atoms with Crippen molar-refractivity contribution in [2.75, 3.05) is 0 Å². The van der Waals surface area contributed by atoms with Crippen molar-refractivity contribution in [1.82, 2.24) is 4.98 Å². The minimum atomic E-state index is 0.904. The molecule has 0 aliphatic carbocycles. The number of fused-ring (bicyclic) bond motifs is 3. The van der Waals surface area contributed by atoms with Crippen LogP contribution in [-0.2, 0) is 0 Å². The second-order valence-corrected chi connectivity index (χ2v) is 6.93. The van der Waals surface area contributed by atoms with E-state index in [0.717, 1.165) is 25.6 Å². The van der Waals surface area contributed by atoms with Gasteiger partial charge in [0.15, 0.2) is 0 Å². The standard InChI is InChI=1S/C16H11Br2N/c1-2-10(16(17)18)12-7-5-8-13-11-6-3-4-9-14(11)19-15(12)13/h2-9,19H,1H2. The largest absolute Gasteiger partial charge is 0.354 e. The van der Waals surface area contributed by atoms with Crippen LogP contribution in [0.5, 0.6) is 0 Å². The van der Waals surface area contributed by atoms with E-state index in [9.17, 15) is 0 Å². The highest BCUT2D eigenvalue weighted by molar-refractivity contribution is 9.28. The van der Waals surface area contributed by atoms with Gasteiger partial charge in [-0.05, 0) is 37.9 Å². The van der Waals surface area contributed by atoms with Gasteiger partial charge < -0.3 is 4.98 Å². The van der Waals surface area contributed by atoms with E-state index in [0.29, 0.717) is 0 Å². The summed E-state index contributed by atoms with van der Waals surface area (Å²) in [5, 5.41) is 2.47. The van der Waals surface area contributed by atoms with Gasteiger partial charge in [-0.3, -0.25) is 0 Å². The number of para-hydroxylation sites is 2. The normalized spacial score (nSPS) is 10.8. The summed E-state index contributed by atoms with van der Waals surface area (Å²) in [6.45, 7) is 3.89. The van der Waals surface area contributed by atoms with E-state index in [1.165, 1.54) is 10.8 Å². The fourth-order valence-electron chi connectivity index (χ4n) is 2.39. The Morgan fingerprint density at radius 2 is 1.74 bits per heavy atom. The summed E-state index contributed by atoms with van der Waals surface area (Å²) in [6, 6.07) is 14.6. The Balaban J connectivity index is 2.45. The summed E-state index contributed by atoms with van der Waals surface area (Å²) in [5.74, 6) is 0. The molecule has 94 valence electrons. The number of aromatic amines is 1. The molecule has 0 aliphatic heterocycles. The van der Waals surface area contributed by atoms with Crippen LogP contribution in [0.25, 0.3) is 27.4 Å². The number of hydrogen-bond donors (Lipinski definition) is 1. The highest BCUT2D eigenvalue weighted by atomic mass is 79.9. The number of H-pyrrole nitrogens is 1. The molecule has 0 aliphatic rings. The Hall–Kier alpha value is -1.32. The predicted molar refractivity (Wildman–Crippen MR) is 90.8 cm³/mol. The molecule has 19 heavy (non-hydrogen) atoms. The summed E-state index contributed by atoms with van der Waals surface area (Å²) in [5.41, 5.74) is 4.46. The van der Waals surface area contributed by atoms with Crippen LogP contribution in [0.2, 0.25) is 0 Å². The van der Waals surface area contributed by atoms with E-state index in [1.54, 1.807) is 0 Å². The highest BCUT2D eigenvalue weighted by Crippen LogP contribution is 2.35. The van der Waals surface area contributed by atoms with E-state index in [4.69, 9.17) is 0 Å². The summed E-state index contributed by atoms with van der Waals surface area (Å²) in [7, 11) is 0. The van der Waals surface area contributed by atoms with Crippen molar-refractivity contribution in [2.45, 2.75) is 0 Å². The second kappa shape index (κ2) is 4.99. The maximum Gasteiger partial charge on any atom is 0.0682 e. The molecular weight excluding hydrogens is 366 g/mol. The quantitative estimate of drug-likeness (QED) is 0.530. The number of benzene rings is 2. The fraction of sp³-hybridized carbons (Fsp3) is 0. The monoisotopic (exact) mass is 375 g/mol. The van der Waals surface area contributed by atoms with Crippen LogP contribution in [0.4, 0.5) is 0 Å². The number of rotatable bonds is 2. The van der Waals surface area contributed by atoms with E-state index in [2.05, 4.69) is 79.8 Å². The third-order valence-electron chi connectivity index (χ3n) is 3.24. The zero-order valence-electron chi connectivity index (χ0n) is 10.1. The molecule has 0 spiro atoms. The van der Waals surface area contributed by atoms with Crippen LogP contribution >= 0.6 is 31.9 Å². The Bertz CT molecular complexity index is 808. The van der Waals surface area contributed by atoms with E-state index in [1.807, 2.05) is 12.1 Å². The van der Waals surface area contributed by atoms with Crippen molar-refractivity contribution in [3.8, 4) is 0 Å². The predicted octanol–water partition coefficient (Wildman–Crippen LogP) is 5.97. The van der Waals surface area contributed by atoms with Crippen LogP contribution in [0.15, 0.2) is 58.5 Å². The number of nitrogens with one attached hydrogen (secondary N) is 1. The molecule has 0 radical (unpaired) electrons. The van der Waals surface area contributed by atoms with Gasteiger partial charge in [-0.15, -0.1) is 0 Å². The molecule has 2 aromatic carbocycles. The summed E-state index contributed by atoms with van der Waals surface area (Å²) < 4.78 is 0.904. The van der Waals surface area contributed by atoms with Gasteiger partial charge in [-0.25, -0.2) is 0 Å². The third kappa shape index (κ3) is 2.07. The molecule has 0 atom stereocenters. The first-order valence-corrected chi connectivity index (χ1v) is 7.48. The first-order valence-electron chi connectivity index (χ1n) is 5.90. The molecule has 1 N–H and O–H groups in total. The average molecular weight is 377 g/mol. The molecule has 1 aromatic heterocycles. The molecule has 3 aromatic rings. The van der Waals surface area contributed by atoms with Gasteiger partial charge in [0, 0.05) is 27.4 Å². The molecule has 0 unspecified atom stereocenters. The van der Waals surface area contributed by atoms with Crippen molar-refractivity contribution >= 4 is 59.2 Å². The van der Waals surface area contributed by atoms with Crippen molar-refractivity contribution in [3.63, 3.8) is 0 Å². The molecule has 1 nitrogen and oxygen atoms in total. The van der Waals surface area contributed by atoms with Crippen molar-refractivity contribution in [3.05, 3.63) is 64.1 Å². The summed E-state index contributed by atoms with van der Waals surface area (Å²) in [6.07, 6.45) is 1.85. The molecule has 0 saturated heterocycles. The lowest BCUT2D eigenvalue weighted by atomic mass is 10.0. The summed E-state index contributed by atoms with van der Waals surface area (Å²) >= 11 is 6.96. The Morgan fingerprint density at radius 1 is 1.00 bits per heavy atom. The Morgan fingerprint density at radius 3 is 2.47 bits per heavy atom. The number of aromatic nitrogens is 1. The lowest BCUT2D eigenvalue weighted by Gasteiger charge is -2.05. The minimum absolute atomic E-state index is 0.904. The van der Waals surface area contributed by atoms with Gasteiger partial charge in [0.1, 0.15) is 0 Å². The lowest BCUT2D eigenvalue weighted by molar-refractivity contribution is 1.52. The van der Waals surface area contributed by atoms with Crippen molar-refractivity contribution in [2.24, 2.45) is 0 Å². The first kappa shape index (κ1) is 12.7. The van der Waals surface area contributed by atoms with E-state index >= 15 is 0 Å². The smallest absolute Gasteiger partial charge is 0.0682 e. The van der Waals surface area contributed by atoms with Gasteiger partial charge in [-0.1, -0.05) is 49.1 Å². The van der Waals surface area contributed by atoms with Crippen LogP contribution in [-0.4, -0.2) is 4.98 Å². The zero-order chi connectivity index (χ0) is 13.4. The van der Waals surface area contributed by atoms with E-state index < -0.39 is 0 Å². The first-order chi connectivity index (χ1) is 9.22. The fourth-order valence-corrected chi connectivity index (χ4v) is 3.14. The Labute approximate surface area is 128 Å². The number of hydrogen-bond acceptors (Lipinski definition) is 0. The van der Waals surface area contributed by atoms with E-state index in [-0.39, 0.29) is 0 Å². The molecule has 0 saturated carbocycles. The average Bonchev–Trinajstić information content (AvgIpc) is 2.79. The third-order valence-corrected chi connectivity index (χ3v) is 4.09. The maximum absolute atomic E-state index is 3.89.